The summed E-state index contributed by atoms with van der Waals surface area (Å²) in [5, 5.41) is 8.23. The molecule has 0 N–H and O–H groups in total. The Labute approximate surface area is 140 Å². The van der Waals surface area contributed by atoms with E-state index in [4.69, 9.17) is 1.37 Å². The molecule has 0 amide bonds. The average Bonchev–Trinajstić information content (AvgIpc) is 2.56. The van der Waals surface area contributed by atoms with Gasteiger partial charge in [-0.25, -0.2) is 0 Å². The quantitative estimate of drug-likeness (QED) is 0.214. The van der Waals surface area contributed by atoms with Crippen LogP contribution in [0.1, 0.15) is 99.2 Å². The number of nitrogens with zero attached hydrogens (tertiary/aromatic N) is 2. The Hall–Kier alpha value is -0.0500. The van der Waals surface area contributed by atoms with Crippen LogP contribution in [0.15, 0.2) is 10.2 Å². The molecule has 0 aliphatic heterocycles. The molecule has 0 spiro atoms. The molecule has 0 unspecified atom stereocenters. The summed E-state index contributed by atoms with van der Waals surface area (Å²) < 4.78 is 5.75. The van der Waals surface area contributed by atoms with Gasteiger partial charge in [0.1, 0.15) is 5.88 Å². The maximum Gasteiger partial charge on any atom is 0.105 e. The summed E-state index contributed by atoms with van der Waals surface area (Å²) in [7, 11) is 1.25. The Morgan fingerprint density at radius 2 is 1.14 bits per heavy atom. The molecule has 3 heteroatoms. The monoisotopic (exact) mass is 317 g/mol. The lowest BCUT2D eigenvalue weighted by molar-refractivity contribution is 0.539. The van der Waals surface area contributed by atoms with E-state index in [9.17, 15) is 0 Å². The lowest BCUT2D eigenvalue weighted by Gasteiger charge is -2.02. The summed E-state index contributed by atoms with van der Waals surface area (Å²) in [5.74, 6) is 0.818. The SMILES string of the molecule is CCCCCCCCCCCCCCCN=NCSC.[2H]C. The largest absolute Gasteiger partial charge is 0.193 e. The topological polar surface area (TPSA) is 24.7 Å². The van der Waals surface area contributed by atoms with Crippen LogP contribution in [0.4, 0.5) is 0 Å². The molecular formula is C18H40N2S. The van der Waals surface area contributed by atoms with Gasteiger partial charge in [0.25, 0.3) is 0 Å². The van der Waals surface area contributed by atoms with Gasteiger partial charge < -0.3 is 0 Å². The summed E-state index contributed by atoms with van der Waals surface area (Å²) in [6, 6.07) is 0. The van der Waals surface area contributed by atoms with Gasteiger partial charge in [0.05, 0.1) is 6.54 Å². The predicted octanol–water partition coefficient (Wildman–Crippen LogP) is 7.49. The highest BCUT2D eigenvalue weighted by Gasteiger charge is 1.93. The fraction of sp³-hybridized carbons (Fsp3) is 1.00. The first-order valence-electron chi connectivity index (χ1n) is 9.74. The lowest BCUT2D eigenvalue weighted by Crippen LogP contribution is -1.84. The number of azo groups is 1. The van der Waals surface area contributed by atoms with Crippen LogP contribution in [0.25, 0.3) is 0 Å². The van der Waals surface area contributed by atoms with Crippen LogP contribution in [-0.2, 0) is 0 Å². The normalized spacial score (nSPS) is 11.3. The second kappa shape index (κ2) is 22.2. The van der Waals surface area contributed by atoms with Gasteiger partial charge >= 0.3 is 0 Å². The van der Waals surface area contributed by atoms with Crippen molar-refractivity contribution < 1.29 is 1.37 Å². The van der Waals surface area contributed by atoms with E-state index in [1.54, 1.807) is 11.8 Å². The van der Waals surface area contributed by atoms with Crippen LogP contribution in [0.3, 0.4) is 0 Å². The summed E-state index contributed by atoms with van der Waals surface area (Å²) in [5.41, 5.74) is 0. The molecule has 0 saturated heterocycles. The maximum absolute atomic E-state index is 5.75. The molecule has 21 heavy (non-hydrogen) atoms. The van der Waals surface area contributed by atoms with Crippen molar-refractivity contribution in [3.63, 3.8) is 0 Å². The van der Waals surface area contributed by atoms with Crippen LogP contribution in [0.2, 0.25) is 0 Å². The van der Waals surface area contributed by atoms with Crippen LogP contribution in [0, 0.1) is 0 Å². The molecule has 0 heterocycles. The van der Waals surface area contributed by atoms with Crippen molar-refractivity contribution >= 4 is 11.8 Å². The smallest absolute Gasteiger partial charge is 0.105 e. The Kier molecular flexibility index (Phi) is 22.2. The van der Waals surface area contributed by atoms with Crippen LogP contribution in [0.5, 0.6) is 0 Å². The van der Waals surface area contributed by atoms with Crippen molar-refractivity contribution in [2.24, 2.45) is 10.2 Å². The van der Waals surface area contributed by atoms with E-state index in [1.807, 2.05) is 0 Å². The third kappa shape index (κ3) is 22.4. The number of hydrogen-bond donors (Lipinski definition) is 0. The fourth-order valence-corrected chi connectivity index (χ4v) is 2.57. The molecule has 0 atom stereocenters. The first-order valence-corrected chi connectivity index (χ1v) is 10.1. The molecule has 0 aromatic carbocycles. The molecule has 128 valence electrons. The molecule has 0 radical (unpaired) electrons. The minimum absolute atomic E-state index is 0.818. The molecular weight excluding hydrogens is 276 g/mol. The van der Waals surface area contributed by atoms with E-state index in [0.717, 1.165) is 12.4 Å². The van der Waals surface area contributed by atoms with Gasteiger partial charge in [-0.2, -0.15) is 10.2 Å². The van der Waals surface area contributed by atoms with Crippen molar-refractivity contribution in [2.45, 2.75) is 97.8 Å². The molecule has 0 aliphatic carbocycles. The van der Waals surface area contributed by atoms with Crippen LogP contribution >= 0.6 is 11.8 Å². The first-order chi connectivity index (χ1) is 10.9. The molecule has 0 rings (SSSR count). The standard InChI is InChI=1S/C17H36N2S.CH4/c1-3-4-5-6-7-8-9-10-11-12-13-14-15-16-18-19-17-20-2;/h3-17H2,1-2H3;1H4/i;1D. The molecule has 0 aromatic rings. The lowest BCUT2D eigenvalue weighted by atomic mass is 10.0. The summed E-state index contributed by atoms with van der Waals surface area (Å²) in [6.45, 7) is 3.21. The first kappa shape index (κ1) is 20.9. The van der Waals surface area contributed by atoms with Crippen molar-refractivity contribution in [3.05, 3.63) is 0 Å². The van der Waals surface area contributed by atoms with E-state index in [-0.39, 0.29) is 0 Å². The number of unbranched alkanes of at least 4 members (excludes halogenated alkanes) is 12. The average molecular weight is 318 g/mol. The zero-order valence-corrected chi connectivity index (χ0v) is 15.7. The molecule has 2 nitrogen and oxygen atoms in total. The molecule has 0 aromatic heterocycles. The summed E-state index contributed by atoms with van der Waals surface area (Å²) in [4.78, 5) is 0. The molecule has 0 bridgehead atoms. The van der Waals surface area contributed by atoms with Crippen molar-refractivity contribution in [1.29, 1.82) is 0 Å². The summed E-state index contributed by atoms with van der Waals surface area (Å²) >= 11 is 1.73. The zero-order chi connectivity index (χ0) is 16.7. The van der Waals surface area contributed by atoms with Gasteiger partial charge in [-0.3, -0.25) is 0 Å². The van der Waals surface area contributed by atoms with Gasteiger partial charge in [-0.1, -0.05) is 91.4 Å². The number of thioether (sulfide) groups is 1. The third-order valence-electron chi connectivity index (χ3n) is 3.65. The molecule has 0 fully saturated rings. The zero-order valence-electron chi connectivity index (χ0n) is 15.9. The van der Waals surface area contributed by atoms with Crippen LogP contribution < -0.4 is 0 Å². The number of hydrogen-bond acceptors (Lipinski definition) is 3. The van der Waals surface area contributed by atoms with Gasteiger partial charge in [0.2, 0.25) is 0 Å². The second-order valence-corrected chi connectivity index (χ2v) is 6.50. The Bertz CT molecular complexity index is 202. The highest BCUT2D eigenvalue weighted by Crippen LogP contribution is 2.12. The predicted molar refractivity (Wildman–Crippen MR) is 101 cm³/mol. The van der Waals surface area contributed by atoms with E-state index in [1.165, 1.54) is 90.9 Å². The van der Waals surface area contributed by atoms with Crippen molar-refractivity contribution in [2.75, 3.05) is 18.7 Å². The highest BCUT2D eigenvalue weighted by molar-refractivity contribution is 7.98. The van der Waals surface area contributed by atoms with E-state index >= 15 is 0 Å². The Morgan fingerprint density at radius 3 is 1.57 bits per heavy atom. The van der Waals surface area contributed by atoms with Crippen molar-refractivity contribution in [1.82, 2.24) is 0 Å². The van der Waals surface area contributed by atoms with E-state index in [0.29, 0.717) is 0 Å². The second-order valence-electron chi connectivity index (χ2n) is 5.67. The van der Waals surface area contributed by atoms with Gasteiger partial charge in [-0.05, 0) is 12.7 Å². The minimum Gasteiger partial charge on any atom is -0.193 e. The Balaban J connectivity index is 0. The minimum atomic E-state index is 0.818. The summed E-state index contributed by atoms with van der Waals surface area (Å²) in [6.07, 6.45) is 20.3. The van der Waals surface area contributed by atoms with Gasteiger partial charge in [-0.15, -0.1) is 11.8 Å². The molecule has 0 aliphatic rings. The Morgan fingerprint density at radius 1 is 0.714 bits per heavy atom. The fourth-order valence-electron chi connectivity index (χ4n) is 2.37. The van der Waals surface area contributed by atoms with Crippen molar-refractivity contribution in [3.8, 4) is 0 Å². The molecule has 0 saturated carbocycles. The van der Waals surface area contributed by atoms with Crippen LogP contribution in [-0.4, -0.2) is 18.7 Å². The number of rotatable bonds is 16. The highest BCUT2D eigenvalue weighted by atomic mass is 32.2. The van der Waals surface area contributed by atoms with Gasteiger partial charge in [0.15, 0.2) is 0 Å². The van der Waals surface area contributed by atoms with E-state index in [2.05, 4.69) is 23.4 Å². The van der Waals surface area contributed by atoms with Gasteiger partial charge in [0, 0.05) is 1.37 Å². The maximum atomic E-state index is 5.75. The van der Waals surface area contributed by atoms with E-state index < -0.39 is 0 Å². The third-order valence-corrected chi connectivity index (χ3v) is 4.02.